The Morgan fingerprint density at radius 1 is 1.50 bits per heavy atom. The molecular formula is C13H20O. The van der Waals surface area contributed by atoms with Gasteiger partial charge in [-0.05, 0) is 33.6 Å². The van der Waals surface area contributed by atoms with Crippen LogP contribution >= 0.6 is 0 Å². The second-order valence-corrected chi connectivity index (χ2v) is 4.19. The summed E-state index contributed by atoms with van der Waals surface area (Å²) in [6.45, 7) is 13.2. The van der Waals surface area contributed by atoms with Gasteiger partial charge in [-0.25, -0.2) is 0 Å². The van der Waals surface area contributed by atoms with Crippen LogP contribution in [0.2, 0.25) is 0 Å². The van der Waals surface area contributed by atoms with Crippen molar-refractivity contribution in [2.75, 3.05) is 0 Å². The van der Waals surface area contributed by atoms with Gasteiger partial charge in [-0.2, -0.15) is 0 Å². The molecule has 78 valence electrons. The number of terminal acetylenes is 1. The summed E-state index contributed by atoms with van der Waals surface area (Å²) in [6.07, 6.45) is 6.97. The van der Waals surface area contributed by atoms with Gasteiger partial charge in [0, 0.05) is 5.92 Å². The zero-order valence-corrected chi connectivity index (χ0v) is 9.43. The molecule has 0 saturated carbocycles. The highest BCUT2D eigenvalue weighted by atomic mass is 16.3. The van der Waals surface area contributed by atoms with Gasteiger partial charge in [0.25, 0.3) is 0 Å². The maximum atomic E-state index is 9.94. The monoisotopic (exact) mass is 192 g/mol. The number of allylic oxidation sites excluding steroid dienone is 1. The second-order valence-electron chi connectivity index (χ2n) is 4.19. The normalized spacial score (nSPS) is 16.5. The van der Waals surface area contributed by atoms with E-state index in [4.69, 9.17) is 6.42 Å². The van der Waals surface area contributed by atoms with Crippen LogP contribution in [0.3, 0.4) is 0 Å². The molecule has 0 amide bonds. The van der Waals surface area contributed by atoms with Gasteiger partial charge in [-0.15, -0.1) is 13.0 Å². The molecule has 1 N–H and O–H groups in total. The fourth-order valence-electron chi connectivity index (χ4n) is 1.50. The van der Waals surface area contributed by atoms with E-state index in [0.29, 0.717) is 0 Å². The zero-order chi connectivity index (χ0) is 11.4. The van der Waals surface area contributed by atoms with E-state index in [1.165, 1.54) is 0 Å². The highest BCUT2D eigenvalue weighted by molar-refractivity contribution is 5.17. The molecule has 1 heteroatoms. The van der Waals surface area contributed by atoms with Crippen LogP contribution < -0.4 is 0 Å². The number of aliphatic hydroxyl groups is 1. The number of rotatable bonds is 5. The Hall–Kier alpha value is -1.00. The van der Waals surface area contributed by atoms with E-state index in [0.717, 1.165) is 24.0 Å². The fraction of sp³-hybridized carbons (Fsp3) is 0.538. The molecule has 0 aliphatic carbocycles. The molecule has 0 aromatic rings. The third-order valence-electron chi connectivity index (χ3n) is 2.43. The third-order valence-corrected chi connectivity index (χ3v) is 2.43. The van der Waals surface area contributed by atoms with Gasteiger partial charge in [0.15, 0.2) is 0 Å². The first-order valence-corrected chi connectivity index (χ1v) is 4.81. The quantitative estimate of drug-likeness (QED) is 0.524. The van der Waals surface area contributed by atoms with E-state index in [1.54, 1.807) is 6.92 Å². The summed E-state index contributed by atoms with van der Waals surface area (Å²) in [5.41, 5.74) is 0.930. The van der Waals surface area contributed by atoms with Crippen LogP contribution in [0.15, 0.2) is 24.3 Å². The van der Waals surface area contributed by atoms with Crippen molar-refractivity contribution in [2.45, 2.75) is 39.2 Å². The summed E-state index contributed by atoms with van der Waals surface area (Å²) in [5, 5.41) is 9.94. The van der Waals surface area contributed by atoms with Crippen molar-refractivity contribution >= 4 is 0 Å². The Morgan fingerprint density at radius 2 is 2.00 bits per heavy atom. The average Bonchev–Trinajstić information content (AvgIpc) is 2.03. The van der Waals surface area contributed by atoms with Crippen molar-refractivity contribution < 1.29 is 5.11 Å². The molecule has 0 bridgehead atoms. The van der Waals surface area contributed by atoms with Gasteiger partial charge in [0.05, 0.1) is 0 Å². The Kier molecular flexibility index (Phi) is 4.67. The maximum Gasteiger partial charge on any atom is 0.128 e. The first-order chi connectivity index (χ1) is 6.31. The molecule has 2 atom stereocenters. The van der Waals surface area contributed by atoms with Crippen molar-refractivity contribution in [3.05, 3.63) is 24.3 Å². The highest BCUT2D eigenvalue weighted by Crippen LogP contribution is 2.28. The lowest BCUT2D eigenvalue weighted by atomic mass is 9.81. The minimum absolute atomic E-state index is 0.0517. The molecule has 1 nitrogen and oxygen atoms in total. The lowest BCUT2D eigenvalue weighted by molar-refractivity contribution is 0.0687. The standard InChI is InChI=1S/C13H20O/c1-7-13(6,14)12(11(4)5)9-8-10(2)3/h1,12,14H,2,4,8-9H2,3,5-6H3. The van der Waals surface area contributed by atoms with E-state index in [2.05, 4.69) is 19.1 Å². The van der Waals surface area contributed by atoms with Crippen LogP contribution in [0.4, 0.5) is 0 Å². The summed E-state index contributed by atoms with van der Waals surface area (Å²) < 4.78 is 0. The van der Waals surface area contributed by atoms with Crippen LogP contribution in [0, 0.1) is 18.3 Å². The Labute approximate surface area is 87.5 Å². The van der Waals surface area contributed by atoms with Crippen molar-refractivity contribution in [1.82, 2.24) is 0 Å². The van der Waals surface area contributed by atoms with Crippen molar-refractivity contribution in [3.8, 4) is 12.3 Å². The van der Waals surface area contributed by atoms with Crippen LogP contribution in [-0.2, 0) is 0 Å². The number of hydrogen-bond acceptors (Lipinski definition) is 1. The SMILES string of the molecule is C#CC(C)(O)C(CCC(=C)C)C(=C)C. The van der Waals surface area contributed by atoms with Gasteiger partial charge in [0.1, 0.15) is 5.60 Å². The summed E-state index contributed by atoms with van der Waals surface area (Å²) in [5.74, 6) is 2.36. The topological polar surface area (TPSA) is 20.2 Å². The van der Waals surface area contributed by atoms with Gasteiger partial charge in [-0.3, -0.25) is 0 Å². The largest absolute Gasteiger partial charge is 0.377 e. The van der Waals surface area contributed by atoms with Crippen LogP contribution in [0.1, 0.15) is 33.6 Å². The summed E-state index contributed by atoms with van der Waals surface area (Å²) in [7, 11) is 0. The van der Waals surface area contributed by atoms with Crippen molar-refractivity contribution in [2.24, 2.45) is 5.92 Å². The Morgan fingerprint density at radius 3 is 2.29 bits per heavy atom. The molecule has 0 saturated heterocycles. The molecule has 14 heavy (non-hydrogen) atoms. The molecule has 2 unspecified atom stereocenters. The van der Waals surface area contributed by atoms with Crippen LogP contribution in [0.5, 0.6) is 0 Å². The van der Waals surface area contributed by atoms with E-state index in [-0.39, 0.29) is 5.92 Å². The van der Waals surface area contributed by atoms with Crippen molar-refractivity contribution in [1.29, 1.82) is 0 Å². The minimum Gasteiger partial charge on any atom is -0.377 e. The van der Waals surface area contributed by atoms with Crippen LogP contribution in [-0.4, -0.2) is 10.7 Å². The average molecular weight is 192 g/mol. The first-order valence-electron chi connectivity index (χ1n) is 4.81. The molecule has 0 spiro atoms. The summed E-state index contributed by atoms with van der Waals surface area (Å²) in [6, 6.07) is 0. The van der Waals surface area contributed by atoms with Crippen molar-refractivity contribution in [3.63, 3.8) is 0 Å². The van der Waals surface area contributed by atoms with E-state index in [1.807, 2.05) is 13.8 Å². The predicted octanol–water partition coefficient (Wildman–Crippen LogP) is 2.92. The zero-order valence-electron chi connectivity index (χ0n) is 9.43. The third kappa shape index (κ3) is 3.81. The molecular weight excluding hydrogens is 172 g/mol. The molecule has 0 heterocycles. The summed E-state index contributed by atoms with van der Waals surface area (Å²) in [4.78, 5) is 0. The van der Waals surface area contributed by atoms with Crippen LogP contribution in [0.25, 0.3) is 0 Å². The molecule has 0 fully saturated rings. The Balaban J connectivity index is 4.55. The number of hydrogen-bond donors (Lipinski definition) is 1. The molecule has 0 aromatic heterocycles. The smallest absolute Gasteiger partial charge is 0.128 e. The van der Waals surface area contributed by atoms with E-state index in [9.17, 15) is 5.11 Å². The molecule has 0 aliphatic rings. The summed E-state index contributed by atoms with van der Waals surface area (Å²) >= 11 is 0. The lowest BCUT2D eigenvalue weighted by Crippen LogP contribution is -2.33. The molecule has 0 aliphatic heterocycles. The van der Waals surface area contributed by atoms with Gasteiger partial charge in [-0.1, -0.05) is 23.6 Å². The van der Waals surface area contributed by atoms with Gasteiger partial charge in [0.2, 0.25) is 0 Å². The molecule has 0 aromatic carbocycles. The lowest BCUT2D eigenvalue weighted by Gasteiger charge is -2.28. The maximum absolute atomic E-state index is 9.94. The first kappa shape index (κ1) is 13.0. The van der Waals surface area contributed by atoms with E-state index >= 15 is 0 Å². The highest BCUT2D eigenvalue weighted by Gasteiger charge is 2.29. The Bertz CT molecular complexity index is 265. The van der Waals surface area contributed by atoms with E-state index < -0.39 is 5.60 Å². The van der Waals surface area contributed by atoms with Gasteiger partial charge < -0.3 is 5.11 Å². The van der Waals surface area contributed by atoms with Gasteiger partial charge >= 0.3 is 0 Å². The predicted molar refractivity (Wildman–Crippen MR) is 61.8 cm³/mol. The second kappa shape index (κ2) is 5.02. The fourth-order valence-corrected chi connectivity index (χ4v) is 1.50. The molecule has 0 rings (SSSR count). The molecule has 0 radical (unpaired) electrons. The minimum atomic E-state index is -1.10.